The molecule has 0 saturated heterocycles. The Morgan fingerprint density at radius 3 is 2.50 bits per heavy atom. The van der Waals surface area contributed by atoms with Crippen LogP contribution in [0, 0.1) is 0 Å². The maximum Gasteiger partial charge on any atom is 0.0877 e. The van der Waals surface area contributed by atoms with Gasteiger partial charge < -0.3 is 5.32 Å². The Balaban J connectivity index is 2.96. The Bertz CT molecular complexity index is 363. The van der Waals surface area contributed by atoms with Gasteiger partial charge in [-0.1, -0.05) is 56.8 Å². The highest BCUT2D eigenvalue weighted by molar-refractivity contribution is 6.57. The summed E-state index contributed by atoms with van der Waals surface area (Å²) in [6.45, 7) is 13.9. The first-order valence-electron chi connectivity index (χ1n) is 5.74. The topological polar surface area (TPSA) is 12.0 Å². The average Bonchev–Trinajstić information content (AvgIpc) is 2.16. The summed E-state index contributed by atoms with van der Waals surface area (Å²) in [5, 5.41) is 5.04. The van der Waals surface area contributed by atoms with Crippen molar-refractivity contribution in [1.29, 1.82) is 0 Å². The normalized spacial score (nSPS) is 11.2. The zero-order valence-electron chi connectivity index (χ0n) is 10.7. The second-order valence-corrected chi connectivity index (χ2v) is 7.22. The molecule has 0 spiro atoms. The molecule has 1 nitrogen and oxygen atoms in total. The second-order valence-electron chi connectivity index (χ2n) is 4.93. The van der Waals surface area contributed by atoms with Gasteiger partial charge in [-0.25, -0.2) is 0 Å². The maximum absolute atomic E-state index is 4.10. The summed E-state index contributed by atoms with van der Waals surface area (Å²) in [5.74, 6) is 0. The van der Waals surface area contributed by atoms with E-state index in [2.05, 4.69) is 63.9 Å². The lowest BCUT2D eigenvalue weighted by Crippen LogP contribution is -2.28. The van der Waals surface area contributed by atoms with Gasteiger partial charge in [0, 0.05) is 12.2 Å². The van der Waals surface area contributed by atoms with Crippen LogP contribution in [0.25, 0.3) is 5.70 Å². The highest BCUT2D eigenvalue weighted by Gasteiger charge is 2.15. The molecule has 1 aromatic rings. The molecule has 0 fully saturated rings. The fourth-order valence-electron chi connectivity index (χ4n) is 1.57. The molecule has 2 radical (unpaired) electrons. The van der Waals surface area contributed by atoms with Gasteiger partial charge in [0.25, 0.3) is 0 Å². The van der Waals surface area contributed by atoms with Gasteiger partial charge in [-0.3, -0.25) is 0 Å². The van der Waals surface area contributed by atoms with Crippen LogP contribution in [-0.4, -0.2) is 16.1 Å². The van der Waals surface area contributed by atoms with Gasteiger partial charge in [0.15, 0.2) is 0 Å². The predicted molar refractivity (Wildman–Crippen MR) is 74.3 cm³/mol. The summed E-state index contributed by atoms with van der Waals surface area (Å²) < 4.78 is 0. The number of rotatable bonds is 4. The van der Waals surface area contributed by atoms with Crippen molar-refractivity contribution in [2.45, 2.75) is 32.7 Å². The van der Waals surface area contributed by atoms with E-state index in [0.717, 1.165) is 21.8 Å². The molecule has 86 valence electrons. The van der Waals surface area contributed by atoms with E-state index in [4.69, 9.17) is 0 Å². The quantitative estimate of drug-likeness (QED) is 0.786. The molecule has 1 rings (SSSR count). The van der Waals surface area contributed by atoms with E-state index >= 15 is 0 Å². The Morgan fingerprint density at radius 1 is 1.31 bits per heavy atom. The summed E-state index contributed by atoms with van der Waals surface area (Å²) in [6, 6.07) is 8.55. The first-order chi connectivity index (χ1) is 7.44. The molecule has 0 aliphatic heterocycles. The third-order valence-corrected chi connectivity index (χ3v) is 3.61. The van der Waals surface area contributed by atoms with E-state index in [1.165, 1.54) is 10.8 Å². The van der Waals surface area contributed by atoms with Gasteiger partial charge >= 0.3 is 0 Å². The lowest BCUT2D eigenvalue weighted by Gasteiger charge is -2.20. The molecule has 1 N–H and O–H groups in total. The van der Waals surface area contributed by atoms with Crippen molar-refractivity contribution in [1.82, 2.24) is 5.32 Å². The molecule has 2 heteroatoms. The summed E-state index contributed by atoms with van der Waals surface area (Å²) in [5.41, 5.74) is 2.30. The van der Waals surface area contributed by atoms with Crippen LogP contribution in [0.2, 0.25) is 5.04 Å². The van der Waals surface area contributed by atoms with Gasteiger partial charge in [-0.15, -0.1) is 0 Å². The van der Waals surface area contributed by atoms with Crippen LogP contribution in [0.4, 0.5) is 0 Å². The minimum atomic E-state index is 0.336. The van der Waals surface area contributed by atoms with Crippen LogP contribution >= 0.6 is 0 Å². The standard InChI is InChI=1S/C14H21NSi/c1-6-15-11(2)12-9-7-8-10-13(12)16-14(3,4)5/h7-10,15H,2,6H2,1,3-5H3. The minimum Gasteiger partial charge on any atom is -0.385 e. The molecule has 0 aliphatic carbocycles. The lowest BCUT2D eigenvalue weighted by atomic mass is 10.2. The highest BCUT2D eigenvalue weighted by atomic mass is 28.2. The van der Waals surface area contributed by atoms with E-state index in [-0.39, 0.29) is 0 Å². The van der Waals surface area contributed by atoms with Gasteiger partial charge in [0.1, 0.15) is 0 Å². The minimum absolute atomic E-state index is 0.336. The molecule has 0 unspecified atom stereocenters. The third-order valence-electron chi connectivity index (χ3n) is 2.15. The largest absolute Gasteiger partial charge is 0.385 e. The molecule has 0 atom stereocenters. The molecule has 0 bridgehead atoms. The van der Waals surface area contributed by atoms with Crippen molar-refractivity contribution < 1.29 is 0 Å². The fourth-order valence-corrected chi connectivity index (χ4v) is 2.92. The summed E-state index contributed by atoms with van der Waals surface area (Å²) in [4.78, 5) is 0. The molecular formula is C14H21NSi. The lowest BCUT2D eigenvalue weighted by molar-refractivity contribution is 0.759. The Hall–Kier alpha value is -1.02. The van der Waals surface area contributed by atoms with Crippen molar-refractivity contribution >= 4 is 20.4 Å². The first kappa shape index (κ1) is 13.0. The number of nitrogens with one attached hydrogen (secondary N) is 1. The molecule has 0 heterocycles. The molecule has 0 saturated carbocycles. The van der Waals surface area contributed by atoms with Crippen LogP contribution in [-0.2, 0) is 0 Å². The van der Waals surface area contributed by atoms with Crippen LogP contribution < -0.4 is 10.5 Å². The third kappa shape index (κ3) is 3.85. The van der Waals surface area contributed by atoms with Crippen LogP contribution in [0.1, 0.15) is 33.3 Å². The van der Waals surface area contributed by atoms with Crippen molar-refractivity contribution in [3.8, 4) is 0 Å². The zero-order chi connectivity index (χ0) is 12.2. The molecule has 0 aromatic heterocycles. The van der Waals surface area contributed by atoms with E-state index in [1.54, 1.807) is 0 Å². The Labute approximate surface area is 102 Å². The molecule has 1 aromatic carbocycles. The Kier molecular flexibility index (Phi) is 4.36. The maximum atomic E-state index is 4.10. The van der Waals surface area contributed by atoms with E-state index in [0.29, 0.717) is 5.04 Å². The Morgan fingerprint density at radius 2 is 1.94 bits per heavy atom. The number of benzene rings is 1. The van der Waals surface area contributed by atoms with Gasteiger partial charge in [0.05, 0.1) is 9.52 Å². The van der Waals surface area contributed by atoms with Crippen molar-refractivity contribution in [3.05, 3.63) is 36.4 Å². The predicted octanol–water partition coefficient (Wildman–Crippen LogP) is 2.81. The van der Waals surface area contributed by atoms with E-state index in [1.807, 2.05) is 0 Å². The van der Waals surface area contributed by atoms with Gasteiger partial charge in [-0.2, -0.15) is 0 Å². The van der Waals surface area contributed by atoms with Crippen LogP contribution in [0.5, 0.6) is 0 Å². The van der Waals surface area contributed by atoms with Crippen molar-refractivity contribution in [2.24, 2.45) is 0 Å². The molecule has 16 heavy (non-hydrogen) atoms. The fraction of sp³-hybridized carbons (Fsp3) is 0.429. The SMILES string of the molecule is C=C(NCC)c1ccccc1[Si]C(C)(C)C. The van der Waals surface area contributed by atoms with Crippen molar-refractivity contribution in [2.75, 3.05) is 6.54 Å². The number of hydrogen-bond donors (Lipinski definition) is 1. The number of hydrogen-bond acceptors (Lipinski definition) is 1. The smallest absolute Gasteiger partial charge is 0.0877 e. The monoisotopic (exact) mass is 231 g/mol. The molecular weight excluding hydrogens is 210 g/mol. The van der Waals surface area contributed by atoms with Crippen LogP contribution in [0.15, 0.2) is 30.8 Å². The summed E-state index contributed by atoms with van der Waals surface area (Å²) in [6.07, 6.45) is 0. The van der Waals surface area contributed by atoms with E-state index in [9.17, 15) is 0 Å². The van der Waals surface area contributed by atoms with Crippen molar-refractivity contribution in [3.63, 3.8) is 0 Å². The average molecular weight is 231 g/mol. The first-order valence-corrected chi connectivity index (χ1v) is 6.74. The second kappa shape index (κ2) is 5.35. The zero-order valence-corrected chi connectivity index (χ0v) is 11.7. The summed E-state index contributed by atoms with van der Waals surface area (Å²) in [7, 11) is 0.809. The van der Waals surface area contributed by atoms with E-state index < -0.39 is 0 Å². The van der Waals surface area contributed by atoms with Gasteiger partial charge in [0.2, 0.25) is 0 Å². The molecule has 0 aliphatic rings. The summed E-state index contributed by atoms with van der Waals surface area (Å²) >= 11 is 0. The molecule has 0 amide bonds. The highest BCUT2D eigenvalue weighted by Crippen LogP contribution is 2.21. The van der Waals surface area contributed by atoms with Gasteiger partial charge in [-0.05, 0) is 17.5 Å². The van der Waals surface area contributed by atoms with Crippen LogP contribution in [0.3, 0.4) is 0 Å².